The molecule has 2 aromatic carbocycles. The Hall–Kier alpha value is -2.18. The standard InChI is InChI=1S/C27H38FN.C2H3N/c1-3-20-29(21-23-8-6-5-7-9-23)27(4-2)19-12-22-10-13-24(14-11-22)25-15-17-26(28)18-16-25;1-2-3/h5-11,13-14,25-27H,3-4,12,15-21H2,1-2H3;1H3. The van der Waals surface area contributed by atoms with Crippen molar-refractivity contribution < 1.29 is 4.39 Å². The van der Waals surface area contributed by atoms with Gasteiger partial charge in [0, 0.05) is 19.5 Å². The Labute approximate surface area is 195 Å². The highest BCUT2D eigenvalue weighted by Gasteiger charge is 2.22. The Morgan fingerprint density at radius 2 is 1.59 bits per heavy atom. The summed E-state index contributed by atoms with van der Waals surface area (Å²) < 4.78 is 13.4. The van der Waals surface area contributed by atoms with Gasteiger partial charge in [-0.2, -0.15) is 5.26 Å². The van der Waals surface area contributed by atoms with Crippen molar-refractivity contribution in [2.75, 3.05) is 6.54 Å². The van der Waals surface area contributed by atoms with Gasteiger partial charge < -0.3 is 0 Å². The Balaban J connectivity index is 0.00000114. The van der Waals surface area contributed by atoms with Gasteiger partial charge in [0.15, 0.2) is 0 Å². The van der Waals surface area contributed by atoms with E-state index in [-0.39, 0.29) is 0 Å². The summed E-state index contributed by atoms with van der Waals surface area (Å²) in [4.78, 5) is 2.67. The third-order valence-corrected chi connectivity index (χ3v) is 6.60. The number of hydrogen-bond donors (Lipinski definition) is 0. The van der Waals surface area contributed by atoms with Crippen molar-refractivity contribution in [1.82, 2.24) is 4.90 Å². The number of aryl methyl sites for hydroxylation is 1. The van der Waals surface area contributed by atoms with Crippen molar-refractivity contribution in [3.8, 4) is 6.07 Å². The fourth-order valence-electron chi connectivity index (χ4n) is 4.82. The first kappa shape index (κ1) is 26.1. The van der Waals surface area contributed by atoms with Gasteiger partial charge in [-0.15, -0.1) is 0 Å². The molecule has 1 atom stereocenters. The summed E-state index contributed by atoms with van der Waals surface area (Å²) in [6, 6.07) is 22.4. The summed E-state index contributed by atoms with van der Waals surface area (Å²) in [6.07, 6.45) is 7.63. The molecule has 0 bridgehead atoms. The molecule has 2 aromatic rings. The molecule has 1 aliphatic rings. The van der Waals surface area contributed by atoms with Gasteiger partial charge in [0.25, 0.3) is 0 Å². The molecule has 0 aliphatic heterocycles. The van der Waals surface area contributed by atoms with E-state index in [1.165, 1.54) is 42.9 Å². The van der Waals surface area contributed by atoms with Crippen LogP contribution in [-0.2, 0) is 13.0 Å². The fraction of sp³-hybridized carbons (Fsp3) is 0.552. The molecule has 1 fully saturated rings. The van der Waals surface area contributed by atoms with Crippen molar-refractivity contribution >= 4 is 0 Å². The van der Waals surface area contributed by atoms with Crippen molar-refractivity contribution in [3.05, 3.63) is 71.3 Å². The largest absolute Gasteiger partial charge is 0.296 e. The molecule has 32 heavy (non-hydrogen) atoms. The average Bonchev–Trinajstić information content (AvgIpc) is 2.82. The van der Waals surface area contributed by atoms with E-state index in [4.69, 9.17) is 5.26 Å². The van der Waals surface area contributed by atoms with Crippen LogP contribution in [0.25, 0.3) is 0 Å². The summed E-state index contributed by atoms with van der Waals surface area (Å²) >= 11 is 0. The summed E-state index contributed by atoms with van der Waals surface area (Å²) in [5.74, 6) is 0.561. The summed E-state index contributed by atoms with van der Waals surface area (Å²) in [7, 11) is 0. The first-order chi connectivity index (χ1) is 15.6. The van der Waals surface area contributed by atoms with Crippen molar-refractivity contribution in [1.29, 1.82) is 5.26 Å². The van der Waals surface area contributed by atoms with Gasteiger partial charge in [0.2, 0.25) is 0 Å². The lowest BCUT2D eigenvalue weighted by molar-refractivity contribution is 0.173. The summed E-state index contributed by atoms with van der Waals surface area (Å²) in [6.45, 7) is 8.23. The lowest BCUT2D eigenvalue weighted by Gasteiger charge is -2.31. The molecule has 3 rings (SSSR count). The van der Waals surface area contributed by atoms with E-state index in [0.29, 0.717) is 12.0 Å². The lowest BCUT2D eigenvalue weighted by atomic mass is 9.83. The van der Waals surface area contributed by atoms with Gasteiger partial charge >= 0.3 is 0 Å². The molecule has 0 spiro atoms. The first-order valence-corrected chi connectivity index (χ1v) is 12.4. The fourth-order valence-corrected chi connectivity index (χ4v) is 4.82. The number of benzene rings is 2. The maximum Gasteiger partial charge on any atom is 0.100 e. The summed E-state index contributed by atoms with van der Waals surface area (Å²) in [5.41, 5.74) is 4.25. The quantitative estimate of drug-likeness (QED) is 0.379. The molecule has 0 radical (unpaired) electrons. The smallest absolute Gasteiger partial charge is 0.100 e. The Kier molecular flexibility index (Phi) is 12.1. The molecule has 0 saturated heterocycles. The van der Waals surface area contributed by atoms with E-state index in [1.807, 2.05) is 0 Å². The van der Waals surface area contributed by atoms with Crippen LogP contribution in [0.3, 0.4) is 0 Å². The van der Waals surface area contributed by atoms with Crippen LogP contribution < -0.4 is 0 Å². The number of nitrogens with zero attached hydrogens (tertiary/aromatic N) is 2. The predicted molar refractivity (Wildman–Crippen MR) is 133 cm³/mol. The van der Waals surface area contributed by atoms with Crippen molar-refractivity contribution in [2.24, 2.45) is 0 Å². The van der Waals surface area contributed by atoms with Gasteiger partial charge in [-0.25, -0.2) is 4.39 Å². The predicted octanol–water partition coefficient (Wildman–Crippen LogP) is 7.84. The van der Waals surface area contributed by atoms with E-state index >= 15 is 0 Å². The number of alkyl halides is 1. The van der Waals surface area contributed by atoms with Crippen LogP contribution in [0.1, 0.15) is 88.3 Å². The van der Waals surface area contributed by atoms with Gasteiger partial charge in [0.1, 0.15) is 6.17 Å². The molecule has 3 heteroatoms. The van der Waals surface area contributed by atoms with E-state index in [0.717, 1.165) is 45.2 Å². The Bertz CT molecular complexity index is 773. The summed E-state index contributed by atoms with van der Waals surface area (Å²) in [5, 5.41) is 7.32. The van der Waals surface area contributed by atoms with E-state index in [9.17, 15) is 4.39 Å². The molecule has 2 nitrogen and oxygen atoms in total. The maximum absolute atomic E-state index is 13.4. The van der Waals surface area contributed by atoms with Crippen LogP contribution >= 0.6 is 0 Å². The monoisotopic (exact) mass is 436 g/mol. The van der Waals surface area contributed by atoms with E-state index in [2.05, 4.69) is 73.3 Å². The normalized spacial score (nSPS) is 19.0. The number of hydrogen-bond acceptors (Lipinski definition) is 2. The van der Waals surface area contributed by atoms with Crippen LogP contribution in [0.4, 0.5) is 4.39 Å². The Morgan fingerprint density at radius 1 is 0.969 bits per heavy atom. The minimum Gasteiger partial charge on any atom is -0.296 e. The molecule has 0 aromatic heterocycles. The average molecular weight is 437 g/mol. The van der Waals surface area contributed by atoms with E-state index < -0.39 is 6.17 Å². The minimum atomic E-state index is -0.571. The van der Waals surface area contributed by atoms with E-state index in [1.54, 1.807) is 6.07 Å². The second-order valence-corrected chi connectivity index (χ2v) is 8.97. The van der Waals surface area contributed by atoms with Gasteiger partial charge in [-0.05, 0) is 80.5 Å². The highest BCUT2D eigenvalue weighted by Crippen LogP contribution is 2.34. The molecule has 0 amide bonds. The third kappa shape index (κ3) is 8.75. The number of halogens is 1. The molecule has 1 saturated carbocycles. The topological polar surface area (TPSA) is 27.0 Å². The number of nitriles is 1. The van der Waals surface area contributed by atoms with Crippen LogP contribution in [-0.4, -0.2) is 23.7 Å². The zero-order chi connectivity index (χ0) is 23.2. The molecule has 174 valence electrons. The third-order valence-electron chi connectivity index (χ3n) is 6.60. The zero-order valence-corrected chi connectivity index (χ0v) is 20.3. The van der Waals surface area contributed by atoms with Crippen LogP contribution in [0.15, 0.2) is 54.6 Å². The van der Waals surface area contributed by atoms with Crippen molar-refractivity contribution in [3.63, 3.8) is 0 Å². The molecular formula is C29H41FN2. The molecule has 0 N–H and O–H groups in total. The minimum absolute atomic E-state index is 0.561. The molecular weight excluding hydrogens is 395 g/mol. The molecule has 0 heterocycles. The lowest BCUT2D eigenvalue weighted by Crippen LogP contribution is -2.35. The highest BCUT2D eigenvalue weighted by atomic mass is 19.1. The molecule has 1 unspecified atom stereocenters. The van der Waals surface area contributed by atoms with Gasteiger partial charge in [-0.1, -0.05) is 68.4 Å². The van der Waals surface area contributed by atoms with Gasteiger partial charge in [-0.3, -0.25) is 4.90 Å². The first-order valence-electron chi connectivity index (χ1n) is 12.4. The van der Waals surface area contributed by atoms with Crippen LogP contribution in [0, 0.1) is 11.3 Å². The maximum atomic E-state index is 13.4. The van der Waals surface area contributed by atoms with Crippen LogP contribution in [0.2, 0.25) is 0 Å². The Morgan fingerprint density at radius 3 is 2.16 bits per heavy atom. The van der Waals surface area contributed by atoms with Gasteiger partial charge in [0.05, 0.1) is 6.07 Å². The second kappa shape index (κ2) is 14.8. The zero-order valence-electron chi connectivity index (χ0n) is 20.3. The SMILES string of the molecule is CC#N.CCCN(Cc1ccccc1)C(CC)CCc1ccc(C2CCC(F)CC2)cc1. The number of rotatable bonds is 10. The highest BCUT2D eigenvalue weighted by molar-refractivity contribution is 5.26. The molecule has 1 aliphatic carbocycles. The second-order valence-electron chi connectivity index (χ2n) is 8.97. The van der Waals surface area contributed by atoms with Crippen molar-refractivity contribution in [2.45, 2.75) is 96.8 Å². The van der Waals surface area contributed by atoms with Crippen LogP contribution in [0.5, 0.6) is 0 Å².